The number of aromatic nitrogens is 1. The van der Waals surface area contributed by atoms with Crippen molar-refractivity contribution in [1.29, 1.82) is 0 Å². The van der Waals surface area contributed by atoms with E-state index in [1.54, 1.807) is 17.5 Å². The summed E-state index contributed by atoms with van der Waals surface area (Å²) in [5, 5.41) is 12.8. The molecule has 0 bridgehead atoms. The van der Waals surface area contributed by atoms with Crippen molar-refractivity contribution in [2.24, 2.45) is 0 Å². The first-order valence-corrected chi connectivity index (χ1v) is 6.53. The maximum Gasteiger partial charge on any atom is 0.177 e. The molecule has 1 saturated heterocycles. The van der Waals surface area contributed by atoms with E-state index in [2.05, 4.69) is 4.98 Å². The number of ether oxygens (including phenoxy) is 2. The molecule has 1 aliphatic carbocycles. The lowest BCUT2D eigenvalue weighted by Gasteiger charge is -2.40. The van der Waals surface area contributed by atoms with Crippen LogP contribution in [0.25, 0.3) is 0 Å². The van der Waals surface area contributed by atoms with Crippen molar-refractivity contribution in [2.75, 3.05) is 13.2 Å². The maximum absolute atomic E-state index is 9.79. The zero-order valence-corrected chi connectivity index (χ0v) is 9.78. The van der Waals surface area contributed by atoms with E-state index in [1.807, 2.05) is 5.38 Å². The van der Waals surface area contributed by atoms with Gasteiger partial charge < -0.3 is 14.6 Å². The quantitative estimate of drug-likeness (QED) is 0.810. The molecule has 2 fully saturated rings. The molecule has 0 radical (unpaired) electrons. The van der Waals surface area contributed by atoms with Gasteiger partial charge in [0.1, 0.15) is 5.01 Å². The summed E-state index contributed by atoms with van der Waals surface area (Å²) in [4.78, 5) is 4.34. The van der Waals surface area contributed by atoms with Crippen LogP contribution in [0.4, 0.5) is 0 Å². The topological polar surface area (TPSA) is 51.6 Å². The van der Waals surface area contributed by atoms with E-state index in [-0.39, 0.29) is 12.0 Å². The van der Waals surface area contributed by atoms with E-state index in [1.165, 1.54) is 0 Å². The van der Waals surface area contributed by atoms with Crippen molar-refractivity contribution in [1.82, 2.24) is 4.98 Å². The third kappa shape index (κ3) is 1.68. The van der Waals surface area contributed by atoms with Crippen LogP contribution in [0.15, 0.2) is 11.6 Å². The highest BCUT2D eigenvalue weighted by Crippen LogP contribution is 2.46. The Morgan fingerprint density at radius 3 is 2.94 bits per heavy atom. The van der Waals surface area contributed by atoms with Crippen LogP contribution in [-0.2, 0) is 9.47 Å². The Labute approximate surface area is 98.2 Å². The summed E-state index contributed by atoms with van der Waals surface area (Å²) in [6.45, 7) is 1.30. The van der Waals surface area contributed by atoms with Gasteiger partial charge in [0.15, 0.2) is 5.79 Å². The second-order valence-corrected chi connectivity index (χ2v) is 5.29. The lowest BCUT2D eigenvalue weighted by Crippen LogP contribution is -2.43. The lowest BCUT2D eigenvalue weighted by molar-refractivity contribution is -0.202. The third-order valence-corrected chi connectivity index (χ3v) is 4.28. The number of hydrogen-bond acceptors (Lipinski definition) is 5. The molecular weight excluding hydrogens is 226 g/mol. The summed E-state index contributed by atoms with van der Waals surface area (Å²) >= 11 is 1.61. The predicted octanol–water partition coefficient (Wildman–Crippen LogP) is 1.51. The van der Waals surface area contributed by atoms with E-state index in [4.69, 9.17) is 9.47 Å². The summed E-state index contributed by atoms with van der Waals surface area (Å²) < 4.78 is 11.6. The molecule has 3 rings (SSSR count). The molecule has 5 heteroatoms. The van der Waals surface area contributed by atoms with Crippen molar-refractivity contribution >= 4 is 11.3 Å². The van der Waals surface area contributed by atoms with Crippen molar-refractivity contribution in [3.8, 4) is 0 Å². The first-order chi connectivity index (χ1) is 7.80. The summed E-state index contributed by atoms with van der Waals surface area (Å²) in [6.07, 6.45) is 3.74. The Balaban J connectivity index is 1.91. The van der Waals surface area contributed by atoms with Crippen LogP contribution in [0.3, 0.4) is 0 Å². The van der Waals surface area contributed by atoms with Gasteiger partial charge in [-0.3, -0.25) is 0 Å². The average molecular weight is 241 g/mol. The van der Waals surface area contributed by atoms with Gasteiger partial charge in [-0.15, -0.1) is 11.3 Å². The number of nitrogens with zero attached hydrogens (tertiary/aromatic N) is 1. The fourth-order valence-electron chi connectivity index (χ4n) is 2.62. The molecular formula is C11H15NO3S. The Kier molecular flexibility index (Phi) is 2.71. The minimum absolute atomic E-state index is 0.0822. The standard InChI is InChI=1S/C11H15NO3S/c13-8-1-2-11(14-4-5-15-11)9(7-8)10-12-3-6-16-10/h3,6,8-9,13H,1-2,4-5,7H2. The molecule has 2 unspecified atom stereocenters. The molecule has 0 aromatic carbocycles. The average Bonchev–Trinajstić information content (AvgIpc) is 2.95. The number of rotatable bonds is 1. The normalized spacial score (nSPS) is 33.3. The zero-order valence-electron chi connectivity index (χ0n) is 8.96. The van der Waals surface area contributed by atoms with E-state index < -0.39 is 5.79 Å². The van der Waals surface area contributed by atoms with E-state index in [9.17, 15) is 5.11 Å². The number of aliphatic hydroxyl groups is 1. The molecule has 1 spiro atoms. The number of thiazole rings is 1. The van der Waals surface area contributed by atoms with E-state index in [0.717, 1.165) is 17.8 Å². The van der Waals surface area contributed by atoms with Crippen LogP contribution in [0.5, 0.6) is 0 Å². The summed E-state index contributed by atoms with van der Waals surface area (Å²) in [5.41, 5.74) is 0. The Hall–Kier alpha value is -0.490. The second kappa shape index (κ2) is 4.07. The summed E-state index contributed by atoms with van der Waals surface area (Å²) in [7, 11) is 0. The fraction of sp³-hybridized carbons (Fsp3) is 0.727. The van der Waals surface area contributed by atoms with Gasteiger partial charge in [0, 0.05) is 18.0 Å². The molecule has 16 heavy (non-hydrogen) atoms. The highest BCUT2D eigenvalue weighted by molar-refractivity contribution is 7.09. The van der Waals surface area contributed by atoms with Crippen LogP contribution in [-0.4, -0.2) is 35.2 Å². The summed E-state index contributed by atoms with van der Waals surface area (Å²) in [5.74, 6) is -0.435. The zero-order chi connectivity index (χ0) is 11.0. The first kappa shape index (κ1) is 10.7. The van der Waals surface area contributed by atoms with Gasteiger partial charge in [0.25, 0.3) is 0 Å². The van der Waals surface area contributed by atoms with E-state index in [0.29, 0.717) is 19.6 Å². The molecule has 1 N–H and O–H groups in total. The van der Waals surface area contributed by atoms with Gasteiger partial charge in [-0.2, -0.15) is 0 Å². The molecule has 2 heterocycles. The number of hydrogen-bond donors (Lipinski definition) is 1. The molecule has 1 saturated carbocycles. The fourth-order valence-corrected chi connectivity index (χ4v) is 3.45. The van der Waals surface area contributed by atoms with Crippen LogP contribution in [0.2, 0.25) is 0 Å². The molecule has 88 valence electrons. The van der Waals surface area contributed by atoms with E-state index >= 15 is 0 Å². The molecule has 0 amide bonds. The minimum atomic E-state index is -0.517. The highest BCUT2D eigenvalue weighted by Gasteiger charge is 2.49. The van der Waals surface area contributed by atoms with Gasteiger partial charge in [-0.25, -0.2) is 4.98 Å². The summed E-state index contributed by atoms with van der Waals surface area (Å²) in [6, 6.07) is 0. The Morgan fingerprint density at radius 2 is 2.25 bits per heavy atom. The molecule has 1 aliphatic heterocycles. The smallest absolute Gasteiger partial charge is 0.177 e. The lowest BCUT2D eigenvalue weighted by atomic mass is 9.82. The van der Waals surface area contributed by atoms with Crippen LogP contribution in [0.1, 0.15) is 30.2 Å². The van der Waals surface area contributed by atoms with Gasteiger partial charge >= 0.3 is 0 Å². The van der Waals surface area contributed by atoms with Crippen LogP contribution >= 0.6 is 11.3 Å². The maximum atomic E-state index is 9.79. The number of aliphatic hydroxyl groups excluding tert-OH is 1. The molecule has 1 aromatic heterocycles. The first-order valence-electron chi connectivity index (χ1n) is 5.65. The SMILES string of the molecule is OC1CCC2(OCCO2)C(c2nccs2)C1. The third-order valence-electron chi connectivity index (χ3n) is 3.39. The monoisotopic (exact) mass is 241 g/mol. The predicted molar refractivity (Wildman–Crippen MR) is 59.3 cm³/mol. The Morgan fingerprint density at radius 1 is 1.44 bits per heavy atom. The van der Waals surface area contributed by atoms with Gasteiger partial charge in [-0.1, -0.05) is 0 Å². The van der Waals surface area contributed by atoms with Crippen LogP contribution < -0.4 is 0 Å². The van der Waals surface area contributed by atoms with Gasteiger partial charge in [0.2, 0.25) is 0 Å². The van der Waals surface area contributed by atoms with Crippen molar-refractivity contribution in [3.63, 3.8) is 0 Å². The second-order valence-electron chi connectivity index (χ2n) is 4.36. The molecule has 2 aliphatic rings. The minimum Gasteiger partial charge on any atom is -0.393 e. The Bertz CT molecular complexity index is 348. The van der Waals surface area contributed by atoms with Gasteiger partial charge in [0.05, 0.1) is 25.2 Å². The molecule has 1 aromatic rings. The van der Waals surface area contributed by atoms with Crippen molar-refractivity contribution < 1.29 is 14.6 Å². The molecule has 2 atom stereocenters. The largest absolute Gasteiger partial charge is 0.393 e. The van der Waals surface area contributed by atoms with Crippen molar-refractivity contribution in [3.05, 3.63) is 16.6 Å². The molecule has 4 nitrogen and oxygen atoms in total. The van der Waals surface area contributed by atoms with Crippen LogP contribution in [0, 0.1) is 0 Å². The highest BCUT2D eigenvalue weighted by atomic mass is 32.1. The van der Waals surface area contributed by atoms with Crippen molar-refractivity contribution in [2.45, 2.75) is 37.1 Å². The van der Waals surface area contributed by atoms with Gasteiger partial charge in [-0.05, 0) is 12.8 Å².